The van der Waals surface area contributed by atoms with Gasteiger partial charge in [-0.15, -0.1) is 0 Å². The van der Waals surface area contributed by atoms with Crippen molar-refractivity contribution in [3.8, 4) is 0 Å². The van der Waals surface area contributed by atoms with Crippen molar-refractivity contribution >= 4 is 17.4 Å². The summed E-state index contributed by atoms with van der Waals surface area (Å²) in [5.74, 6) is -0.296. The molecule has 0 saturated carbocycles. The number of benzene rings is 1. The number of carbonyl (C=O) groups is 1. The van der Waals surface area contributed by atoms with Crippen LogP contribution in [0.4, 0.5) is 15.9 Å². The smallest absolute Gasteiger partial charge is 0.255 e. The van der Waals surface area contributed by atoms with Crippen LogP contribution in [0.5, 0.6) is 0 Å². The Balaban J connectivity index is 2.10. The van der Waals surface area contributed by atoms with Gasteiger partial charge in [0.25, 0.3) is 5.91 Å². The number of halogens is 1. The Bertz CT molecular complexity index is 633. The molecule has 0 aliphatic rings. The standard InChI is InChI=1S/C16H19FN4O/c1-18-9-5-11-20-16(22)12-6-4-10-19-15(12)21-14-8-3-2-7-13(14)17/h2-4,6-8,10,18H,5,9,11H2,1H3,(H,19,21)(H,20,22). The number of hydrogen-bond donors (Lipinski definition) is 3. The number of nitrogens with one attached hydrogen (secondary N) is 3. The van der Waals surface area contributed by atoms with E-state index in [1.807, 2.05) is 7.05 Å². The molecule has 22 heavy (non-hydrogen) atoms. The summed E-state index contributed by atoms with van der Waals surface area (Å²) >= 11 is 0. The van der Waals surface area contributed by atoms with Crippen molar-refractivity contribution in [1.29, 1.82) is 0 Å². The largest absolute Gasteiger partial charge is 0.352 e. The van der Waals surface area contributed by atoms with E-state index in [4.69, 9.17) is 0 Å². The molecule has 0 unspecified atom stereocenters. The highest BCUT2D eigenvalue weighted by atomic mass is 19.1. The Morgan fingerprint density at radius 2 is 2.00 bits per heavy atom. The van der Waals surface area contributed by atoms with Crippen LogP contribution in [0.1, 0.15) is 16.8 Å². The molecule has 0 atom stereocenters. The maximum atomic E-state index is 13.7. The second kappa shape index (κ2) is 8.09. The summed E-state index contributed by atoms with van der Waals surface area (Å²) in [7, 11) is 1.86. The zero-order valence-electron chi connectivity index (χ0n) is 12.4. The van der Waals surface area contributed by atoms with Gasteiger partial charge in [-0.2, -0.15) is 0 Å². The van der Waals surface area contributed by atoms with Gasteiger partial charge in [-0.1, -0.05) is 12.1 Å². The van der Waals surface area contributed by atoms with Crippen molar-refractivity contribution in [2.24, 2.45) is 0 Å². The molecular weight excluding hydrogens is 283 g/mol. The number of anilines is 2. The van der Waals surface area contributed by atoms with Gasteiger partial charge in [0.15, 0.2) is 0 Å². The van der Waals surface area contributed by atoms with Gasteiger partial charge in [0.05, 0.1) is 11.3 Å². The van der Waals surface area contributed by atoms with E-state index in [0.29, 0.717) is 17.9 Å². The lowest BCUT2D eigenvalue weighted by molar-refractivity contribution is 0.0954. The fourth-order valence-corrected chi connectivity index (χ4v) is 1.94. The van der Waals surface area contributed by atoms with Crippen molar-refractivity contribution in [3.05, 3.63) is 54.0 Å². The van der Waals surface area contributed by atoms with Gasteiger partial charge < -0.3 is 16.0 Å². The minimum atomic E-state index is -0.395. The Hall–Kier alpha value is -2.47. The van der Waals surface area contributed by atoms with Crippen LogP contribution in [0.25, 0.3) is 0 Å². The molecule has 1 aromatic heterocycles. The summed E-state index contributed by atoms with van der Waals surface area (Å²) in [5, 5.41) is 8.70. The summed E-state index contributed by atoms with van der Waals surface area (Å²) < 4.78 is 13.7. The SMILES string of the molecule is CNCCCNC(=O)c1cccnc1Nc1ccccc1F. The summed E-state index contributed by atoms with van der Waals surface area (Å²) in [6.45, 7) is 1.39. The minimum absolute atomic E-state index is 0.233. The molecule has 0 bridgehead atoms. The topological polar surface area (TPSA) is 66.0 Å². The third-order valence-electron chi connectivity index (χ3n) is 3.07. The monoisotopic (exact) mass is 302 g/mol. The summed E-state index contributed by atoms with van der Waals surface area (Å²) in [6, 6.07) is 9.60. The zero-order valence-corrected chi connectivity index (χ0v) is 12.4. The average Bonchev–Trinajstić information content (AvgIpc) is 2.54. The van der Waals surface area contributed by atoms with E-state index in [1.165, 1.54) is 6.07 Å². The van der Waals surface area contributed by atoms with Gasteiger partial charge >= 0.3 is 0 Å². The highest BCUT2D eigenvalue weighted by molar-refractivity contribution is 5.99. The second-order valence-corrected chi connectivity index (χ2v) is 4.72. The van der Waals surface area contributed by atoms with Crippen LogP contribution >= 0.6 is 0 Å². The van der Waals surface area contributed by atoms with Gasteiger partial charge in [-0.3, -0.25) is 4.79 Å². The number of pyridine rings is 1. The maximum absolute atomic E-state index is 13.7. The number of aromatic nitrogens is 1. The van der Waals surface area contributed by atoms with E-state index in [0.717, 1.165) is 13.0 Å². The van der Waals surface area contributed by atoms with Crippen LogP contribution in [0, 0.1) is 5.82 Å². The molecule has 1 amide bonds. The molecule has 0 radical (unpaired) electrons. The lowest BCUT2D eigenvalue weighted by Gasteiger charge is -2.11. The first kappa shape index (κ1) is 15.9. The molecule has 116 valence electrons. The van der Waals surface area contributed by atoms with Crippen LogP contribution < -0.4 is 16.0 Å². The molecule has 6 heteroatoms. The zero-order chi connectivity index (χ0) is 15.8. The van der Waals surface area contributed by atoms with Gasteiger partial charge in [-0.05, 0) is 44.3 Å². The van der Waals surface area contributed by atoms with E-state index in [9.17, 15) is 9.18 Å². The van der Waals surface area contributed by atoms with Crippen LogP contribution in [-0.4, -0.2) is 31.0 Å². The Labute approximate surface area is 129 Å². The summed E-state index contributed by atoms with van der Waals surface area (Å²) in [6.07, 6.45) is 2.39. The molecule has 0 saturated heterocycles. The Morgan fingerprint density at radius 3 is 2.77 bits per heavy atom. The first-order valence-corrected chi connectivity index (χ1v) is 7.11. The van der Waals surface area contributed by atoms with Crippen LogP contribution in [0.3, 0.4) is 0 Å². The first-order valence-electron chi connectivity index (χ1n) is 7.11. The summed E-state index contributed by atoms with van der Waals surface area (Å²) in [5.41, 5.74) is 0.667. The summed E-state index contributed by atoms with van der Waals surface area (Å²) in [4.78, 5) is 16.3. The van der Waals surface area contributed by atoms with E-state index in [2.05, 4.69) is 20.9 Å². The molecule has 2 aromatic rings. The van der Waals surface area contributed by atoms with Crippen LogP contribution in [0.2, 0.25) is 0 Å². The molecule has 2 rings (SSSR count). The molecule has 3 N–H and O–H groups in total. The second-order valence-electron chi connectivity index (χ2n) is 4.72. The number of amides is 1. The van der Waals surface area contributed by atoms with Gasteiger partial charge in [-0.25, -0.2) is 9.37 Å². The van der Waals surface area contributed by atoms with Gasteiger partial charge in [0.1, 0.15) is 11.6 Å². The third-order valence-corrected chi connectivity index (χ3v) is 3.07. The lowest BCUT2D eigenvalue weighted by Crippen LogP contribution is -2.27. The number of carbonyl (C=O) groups excluding carboxylic acids is 1. The quantitative estimate of drug-likeness (QED) is 0.687. The van der Waals surface area contributed by atoms with E-state index < -0.39 is 5.82 Å². The lowest BCUT2D eigenvalue weighted by atomic mass is 10.2. The third kappa shape index (κ3) is 4.26. The Morgan fingerprint density at radius 1 is 1.18 bits per heavy atom. The maximum Gasteiger partial charge on any atom is 0.255 e. The van der Waals surface area contributed by atoms with Gasteiger partial charge in [0, 0.05) is 12.7 Å². The molecule has 1 aromatic carbocycles. The molecule has 0 fully saturated rings. The van der Waals surface area contributed by atoms with Crippen molar-refractivity contribution in [3.63, 3.8) is 0 Å². The molecule has 0 aliphatic heterocycles. The normalized spacial score (nSPS) is 10.3. The Kier molecular flexibility index (Phi) is 5.85. The molecular formula is C16H19FN4O. The molecule has 1 heterocycles. The number of nitrogens with zero attached hydrogens (tertiary/aromatic N) is 1. The minimum Gasteiger partial charge on any atom is -0.352 e. The highest BCUT2D eigenvalue weighted by Crippen LogP contribution is 2.20. The van der Waals surface area contributed by atoms with E-state index >= 15 is 0 Å². The molecule has 5 nitrogen and oxygen atoms in total. The van der Waals surface area contributed by atoms with Gasteiger partial charge in [0.2, 0.25) is 0 Å². The number of para-hydroxylation sites is 1. The van der Waals surface area contributed by atoms with E-state index in [-0.39, 0.29) is 11.6 Å². The van der Waals surface area contributed by atoms with Crippen molar-refractivity contribution in [1.82, 2.24) is 15.6 Å². The number of rotatable bonds is 7. The van der Waals surface area contributed by atoms with Crippen LogP contribution in [0.15, 0.2) is 42.6 Å². The van der Waals surface area contributed by atoms with Crippen molar-refractivity contribution in [2.75, 3.05) is 25.5 Å². The van der Waals surface area contributed by atoms with Crippen LogP contribution in [-0.2, 0) is 0 Å². The predicted octanol–water partition coefficient (Wildman–Crippen LogP) is 2.30. The first-order chi connectivity index (χ1) is 10.7. The molecule has 0 aliphatic carbocycles. The fourth-order valence-electron chi connectivity index (χ4n) is 1.94. The van der Waals surface area contributed by atoms with Crippen molar-refractivity contribution in [2.45, 2.75) is 6.42 Å². The molecule has 0 spiro atoms. The number of hydrogen-bond acceptors (Lipinski definition) is 4. The highest BCUT2D eigenvalue weighted by Gasteiger charge is 2.13. The van der Waals surface area contributed by atoms with Crippen molar-refractivity contribution < 1.29 is 9.18 Å². The predicted molar refractivity (Wildman–Crippen MR) is 84.8 cm³/mol. The average molecular weight is 302 g/mol. The fraction of sp³-hybridized carbons (Fsp3) is 0.250. The van der Waals surface area contributed by atoms with E-state index in [1.54, 1.807) is 36.5 Å².